The summed E-state index contributed by atoms with van der Waals surface area (Å²) in [5.74, 6) is 0.502. The van der Waals surface area contributed by atoms with Crippen LogP contribution in [-0.4, -0.2) is 19.6 Å². The fourth-order valence-corrected chi connectivity index (χ4v) is 4.45. The number of para-hydroxylation sites is 2. The molecule has 0 aliphatic carbocycles. The van der Waals surface area contributed by atoms with Crippen LogP contribution in [0.4, 0.5) is 21.5 Å². The third-order valence-electron chi connectivity index (χ3n) is 4.49. The molecule has 4 rings (SSSR count). The van der Waals surface area contributed by atoms with E-state index in [0.717, 1.165) is 31.0 Å². The monoisotopic (exact) mass is 329 g/mol. The normalized spacial score (nSPS) is 18.3. The van der Waals surface area contributed by atoms with Gasteiger partial charge in [0.15, 0.2) is 0 Å². The number of hydrogen-bond donors (Lipinski definition) is 1. The van der Waals surface area contributed by atoms with Crippen molar-refractivity contribution in [1.82, 2.24) is 5.32 Å². The molecule has 23 heavy (non-hydrogen) atoms. The molecule has 0 spiro atoms. The lowest BCUT2D eigenvalue weighted by Crippen LogP contribution is -2.33. The van der Waals surface area contributed by atoms with Gasteiger partial charge in [-0.1, -0.05) is 24.3 Å². The molecule has 0 unspecified atom stereocenters. The summed E-state index contributed by atoms with van der Waals surface area (Å²) in [6.07, 6.45) is 2.38. The number of rotatable bonds is 3. The lowest BCUT2D eigenvalue weighted by molar-refractivity contribution is 0.384. The maximum absolute atomic E-state index is 14.5. The van der Waals surface area contributed by atoms with Crippen molar-refractivity contribution in [3.05, 3.63) is 54.3 Å². The topological polar surface area (TPSA) is 18.5 Å². The van der Waals surface area contributed by atoms with Crippen molar-refractivity contribution in [3.8, 4) is 0 Å². The Kier molecular flexibility index (Phi) is 4.14. The standard InChI is InChI=1S/C18H20FN3S/c19-16-7-4-8-17-18(16)22(15-5-2-1-3-6-15)23-21(17)13-14-9-11-20-12-10-14/h1-8,14,20H,9-13H2. The number of halogens is 1. The Hall–Kier alpha value is -1.72. The molecule has 5 heteroatoms. The van der Waals surface area contributed by atoms with E-state index in [1.165, 1.54) is 12.8 Å². The summed E-state index contributed by atoms with van der Waals surface area (Å²) in [7, 11) is 0. The van der Waals surface area contributed by atoms with Crippen LogP contribution < -0.4 is 13.9 Å². The van der Waals surface area contributed by atoms with E-state index in [-0.39, 0.29) is 5.82 Å². The minimum Gasteiger partial charge on any atom is -0.317 e. The van der Waals surface area contributed by atoms with Crippen LogP contribution in [0.15, 0.2) is 48.5 Å². The van der Waals surface area contributed by atoms with E-state index in [4.69, 9.17) is 0 Å². The second-order valence-electron chi connectivity index (χ2n) is 6.07. The smallest absolute Gasteiger partial charge is 0.149 e. The van der Waals surface area contributed by atoms with Crippen molar-refractivity contribution < 1.29 is 4.39 Å². The molecule has 2 aliphatic rings. The van der Waals surface area contributed by atoms with E-state index >= 15 is 0 Å². The first-order valence-corrected chi connectivity index (χ1v) is 8.86. The van der Waals surface area contributed by atoms with Crippen LogP contribution in [0.25, 0.3) is 0 Å². The first-order valence-electron chi connectivity index (χ1n) is 8.13. The van der Waals surface area contributed by atoms with Gasteiger partial charge in [-0.25, -0.2) is 4.39 Å². The average molecular weight is 329 g/mol. The summed E-state index contributed by atoms with van der Waals surface area (Å²) in [6, 6.07) is 15.4. The van der Waals surface area contributed by atoms with Gasteiger partial charge in [0.1, 0.15) is 11.5 Å². The molecule has 0 bridgehead atoms. The molecular formula is C18H20FN3S. The minimum atomic E-state index is -0.160. The maximum Gasteiger partial charge on any atom is 0.149 e. The van der Waals surface area contributed by atoms with Crippen molar-refractivity contribution in [2.45, 2.75) is 12.8 Å². The number of benzene rings is 2. The molecule has 2 heterocycles. The molecule has 120 valence electrons. The van der Waals surface area contributed by atoms with E-state index in [1.54, 1.807) is 24.3 Å². The van der Waals surface area contributed by atoms with Gasteiger partial charge >= 0.3 is 0 Å². The van der Waals surface area contributed by atoms with Gasteiger partial charge in [0.2, 0.25) is 0 Å². The zero-order valence-corrected chi connectivity index (χ0v) is 13.7. The molecule has 0 saturated carbocycles. The van der Waals surface area contributed by atoms with Gasteiger partial charge in [0.25, 0.3) is 0 Å². The summed E-state index contributed by atoms with van der Waals surface area (Å²) in [5.41, 5.74) is 2.67. The van der Waals surface area contributed by atoms with Gasteiger partial charge < -0.3 is 5.32 Å². The summed E-state index contributed by atoms with van der Waals surface area (Å²) < 4.78 is 18.7. The minimum absolute atomic E-state index is 0.160. The highest BCUT2D eigenvalue weighted by Gasteiger charge is 2.32. The molecule has 0 aromatic heterocycles. The summed E-state index contributed by atoms with van der Waals surface area (Å²) in [5, 5.41) is 3.41. The Bertz CT molecular complexity index is 673. The van der Waals surface area contributed by atoms with E-state index in [0.29, 0.717) is 11.6 Å². The van der Waals surface area contributed by atoms with Crippen LogP contribution in [0.1, 0.15) is 12.8 Å². The molecule has 0 atom stereocenters. The van der Waals surface area contributed by atoms with Crippen LogP contribution in [0.3, 0.4) is 0 Å². The molecule has 3 nitrogen and oxygen atoms in total. The summed E-state index contributed by atoms with van der Waals surface area (Å²) >= 11 is 1.61. The third-order valence-corrected chi connectivity index (χ3v) is 5.59. The zero-order valence-electron chi connectivity index (χ0n) is 12.9. The molecular weight excluding hydrogens is 309 g/mol. The highest BCUT2D eigenvalue weighted by Crippen LogP contribution is 2.50. The van der Waals surface area contributed by atoms with Crippen LogP contribution in [-0.2, 0) is 0 Å². The molecule has 0 amide bonds. The Balaban J connectivity index is 1.64. The van der Waals surface area contributed by atoms with Crippen LogP contribution in [0.5, 0.6) is 0 Å². The number of piperidine rings is 1. The zero-order chi connectivity index (χ0) is 15.6. The largest absolute Gasteiger partial charge is 0.317 e. The van der Waals surface area contributed by atoms with Gasteiger partial charge in [0.05, 0.1) is 23.5 Å². The number of fused-ring (bicyclic) bond motifs is 1. The van der Waals surface area contributed by atoms with Gasteiger partial charge in [-0.05, 0) is 56.1 Å². The molecule has 1 N–H and O–H groups in total. The number of nitrogens with one attached hydrogen (secondary N) is 1. The second kappa shape index (κ2) is 6.42. The van der Waals surface area contributed by atoms with Crippen LogP contribution in [0.2, 0.25) is 0 Å². The lowest BCUT2D eigenvalue weighted by Gasteiger charge is -2.27. The fraction of sp³-hybridized carbons (Fsp3) is 0.333. The van der Waals surface area contributed by atoms with Gasteiger partial charge in [0, 0.05) is 6.54 Å². The summed E-state index contributed by atoms with van der Waals surface area (Å²) in [4.78, 5) is 0. The number of nitrogens with zero attached hydrogens (tertiary/aromatic N) is 2. The van der Waals surface area contributed by atoms with Crippen molar-refractivity contribution in [2.75, 3.05) is 28.2 Å². The molecule has 2 aromatic carbocycles. The van der Waals surface area contributed by atoms with E-state index in [2.05, 4.69) is 9.62 Å². The second-order valence-corrected chi connectivity index (χ2v) is 7.04. The van der Waals surface area contributed by atoms with Crippen molar-refractivity contribution in [2.24, 2.45) is 5.92 Å². The quantitative estimate of drug-likeness (QED) is 0.844. The van der Waals surface area contributed by atoms with Crippen molar-refractivity contribution in [1.29, 1.82) is 0 Å². The lowest BCUT2D eigenvalue weighted by atomic mass is 9.98. The average Bonchev–Trinajstić information content (AvgIpc) is 2.97. The Labute approximate surface area is 140 Å². The van der Waals surface area contributed by atoms with E-state index in [9.17, 15) is 4.39 Å². The third kappa shape index (κ3) is 2.91. The molecule has 0 radical (unpaired) electrons. The SMILES string of the molecule is Fc1cccc2c1N(c1ccccc1)SN2CC1CCNCC1. The van der Waals surface area contributed by atoms with Crippen LogP contribution >= 0.6 is 12.1 Å². The maximum atomic E-state index is 14.5. The van der Waals surface area contributed by atoms with E-state index < -0.39 is 0 Å². The highest BCUT2D eigenvalue weighted by atomic mass is 32.2. The first kappa shape index (κ1) is 14.8. The number of hydrogen-bond acceptors (Lipinski definition) is 4. The van der Waals surface area contributed by atoms with E-state index in [1.807, 2.05) is 40.7 Å². The van der Waals surface area contributed by atoms with Gasteiger partial charge in [-0.2, -0.15) is 0 Å². The first-order chi connectivity index (χ1) is 11.3. The highest BCUT2D eigenvalue weighted by molar-refractivity contribution is 8.02. The van der Waals surface area contributed by atoms with Gasteiger partial charge in [-0.15, -0.1) is 0 Å². The molecule has 2 aromatic rings. The molecule has 1 fully saturated rings. The Morgan fingerprint density at radius 1 is 1.04 bits per heavy atom. The molecule has 2 aliphatic heterocycles. The predicted molar refractivity (Wildman–Crippen MR) is 95.5 cm³/mol. The fourth-order valence-electron chi connectivity index (χ4n) is 3.26. The Morgan fingerprint density at radius 2 is 1.83 bits per heavy atom. The summed E-state index contributed by atoms with van der Waals surface area (Å²) in [6.45, 7) is 3.13. The van der Waals surface area contributed by atoms with Crippen molar-refractivity contribution >= 4 is 29.2 Å². The molecule has 1 saturated heterocycles. The predicted octanol–water partition coefficient (Wildman–Crippen LogP) is 4.35. The van der Waals surface area contributed by atoms with Crippen molar-refractivity contribution in [3.63, 3.8) is 0 Å². The van der Waals surface area contributed by atoms with Crippen LogP contribution in [0, 0.1) is 11.7 Å². The Morgan fingerprint density at radius 3 is 2.61 bits per heavy atom. The van der Waals surface area contributed by atoms with Gasteiger partial charge in [-0.3, -0.25) is 8.61 Å². The number of anilines is 3.